The van der Waals surface area contributed by atoms with Crippen LogP contribution in [-0.4, -0.2) is 38.9 Å². The van der Waals surface area contributed by atoms with Gasteiger partial charge < -0.3 is 5.32 Å². The number of nitrogens with zero attached hydrogens (tertiary/aromatic N) is 1. The van der Waals surface area contributed by atoms with Crippen molar-refractivity contribution in [2.45, 2.75) is 37.8 Å². The molecule has 6 heteroatoms. The highest BCUT2D eigenvalue weighted by Crippen LogP contribution is 2.25. The van der Waals surface area contributed by atoms with Crippen LogP contribution in [0.5, 0.6) is 0 Å². The van der Waals surface area contributed by atoms with Crippen molar-refractivity contribution in [1.29, 1.82) is 0 Å². The molecule has 0 aliphatic heterocycles. The fourth-order valence-corrected chi connectivity index (χ4v) is 4.96. The number of nitrogens with one attached hydrogen (secondary N) is 1. The van der Waals surface area contributed by atoms with Gasteiger partial charge in [0, 0.05) is 18.0 Å². The highest BCUT2D eigenvalue weighted by molar-refractivity contribution is 7.91. The molecule has 0 bridgehead atoms. The summed E-state index contributed by atoms with van der Waals surface area (Å²) in [5.41, 5.74) is 0.848. The van der Waals surface area contributed by atoms with E-state index < -0.39 is 10.0 Å². The van der Waals surface area contributed by atoms with Crippen molar-refractivity contribution in [2.75, 3.05) is 26.2 Å². The van der Waals surface area contributed by atoms with Gasteiger partial charge in [-0.2, -0.15) is 4.31 Å². The van der Waals surface area contributed by atoms with E-state index in [9.17, 15) is 8.42 Å². The first-order chi connectivity index (χ1) is 9.91. The predicted octanol–water partition coefficient (Wildman–Crippen LogP) is 2.88. The molecule has 1 aromatic heterocycles. The van der Waals surface area contributed by atoms with Gasteiger partial charge in [0.2, 0.25) is 0 Å². The van der Waals surface area contributed by atoms with Gasteiger partial charge in [0.05, 0.1) is 0 Å². The number of hydrogen-bond donors (Lipinski definition) is 1. The van der Waals surface area contributed by atoms with Gasteiger partial charge in [0.25, 0.3) is 10.0 Å². The summed E-state index contributed by atoms with van der Waals surface area (Å²) in [5.74, 6) is 0. The minimum atomic E-state index is -3.39. The molecule has 1 N–H and O–H groups in total. The Bertz CT molecular complexity index is 550. The topological polar surface area (TPSA) is 49.4 Å². The number of rotatable bonds is 10. The Morgan fingerprint density at radius 3 is 2.62 bits per heavy atom. The summed E-state index contributed by atoms with van der Waals surface area (Å²) in [6.45, 7) is 12.3. The third kappa shape index (κ3) is 5.54. The van der Waals surface area contributed by atoms with Crippen LogP contribution in [0.2, 0.25) is 0 Å². The van der Waals surface area contributed by atoms with Gasteiger partial charge in [-0.3, -0.25) is 0 Å². The van der Waals surface area contributed by atoms with E-state index >= 15 is 0 Å². The maximum Gasteiger partial charge on any atom is 0.252 e. The summed E-state index contributed by atoms with van der Waals surface area (Å²) in [4.78, 5) is 1.10. The molecule has 0 atom stereocenters. The van der Waals surface area contributed by atoms with Gasteiger partial charge in [-0.05, 0) is 45.0 Å². The summed E-state index contributed by atoms with van der Waals surface area (Å²) in [5, 5.41) is 3.33. The molecule has 0 aromatic carbocycles. The van der Waals surface area contributed by atoms with E-state index in [0.717, 1.165) is 36.4 Å². The lowest BCUT2D eigenvalue weighted by Crippen LogP contribution is -2.31. The van der Waals surface area contributed by atoms with Gasteiger partial charge >= 0.3 is 0 Å². The Hall–Kier alpha value is -0.690. The number of likely N-dealkylation sites (N-methyl/N-ethyl adjacent to an activating group) is 1. The number of sulfonamides is 1. The first-order valence-electron chi connectivity index (χ1n) is 7.35. The van der Waals surface area contributed by atoms with Crippen LogP contribution in [0.25, 0.3) is 0 Å². The minimum Gasteiger partial charge on any atom is -0.316 e. The Balaban J connectivity index is 2.75. The van der Waals surface area contributed by atoms with Crippen LogP contribution < -0.4 is 5.32 Å². The summed E-state index contributed by atoms with van der Waals surface area (Å²) < 4.78 is 27.0. The molecule has 0 saturated heterocycles. The highest BCUT2D eigenvalue weighted by atomic mass is 32.2. The average molecular weight is 331 g/mol. The van der Waals surface area contributed by atoms with Crippen LogP contribution in [0.4, 0.5) is 0 Å². The Labute approximate surface area is 132 Å². The summed E-state index contributed by atoms with van der Waals surface area (Å²) in [7, 11) is -3.39. The molecule has 0 saturated carbocycles. The van der Waals surface area contributed by atoms with Gasteiger partial charge in [-0.25, -0.2) is 8.42 Å². The fourth-order valence-electron chi connectivity index (χ4n) is 1.94. The van der Waals surface area contributed by atoms with Crippen LogP contribution in [0.3, 0.4) is 0 Å². The van der Waals surface area contributed by atoms with Gasteiger partial charge in [-0.15, -0.1) is 11.3 Å². The highest BCUT2D eigenvalue weighted by Gasteiger charge is 2.24. The average Bonchev–Trinajstić information content (AvgIpc) is 2.90. The van der Waals surface area contributed by atoms with Gasteiger partial charge in [0.1, 0.15) is 4.21 Å². The lowest BCUT2D eigenvalue weighted by molar-refractivity contribution is 0.454. The molecule has 1 aromatic rings. The maximum atomic E-state index is 12.6. The number of hydrogen-bond acceptors (Lipinski definition) is 4. The molecule has 0 aliphatic carbocycles. The molecule has 0 amide bonds. The molecule has 0 spiro atoms. The summed E-state index contributed by atoms with van der Waals surface area (Å²) in [6, 6.07) is 3.63. The van der Waals surface area contributed by atoms with Crippen LogP contribution in [0.1, 0.15) is 32.1 Å². The molecule has 0 fully saturated rings. The maximum absolute atomic E-state index is 12.6. The SMILES string of the molecule is C=C(C)CN(CC)S(=O)(=O)c1ccc(CCNCCC)s1. The largest absolute Gasteiger partial charge is 0.316 e. The van der Waals surface area contributed by atoms with Crippen molar-refractivity contribution >= 4 is 21.4 Å². The van der Waals surface area contributed by atoms with E-state index in [1.165, 1.54) is 15.6 Å². The molecule has 0 radical (unpaired) electrons. The van der Waals surface area contributed by atoms with Crippen LogP contribution in [-0.2, 0) is 16.4 Å². The lowest BCUT2D eigenvalue weighted by Gasteiger charge is -2.19. The molecule has 120 valence electrons. The third-order valence-electron chi connectivity index (χ3n) is 3.01. The van der Waals surface area contributed by atoms with Crippen molar-refractivity contribution in [1.82, 2.24) is 9.62 Å². The second kappa shape index (κ2) is 8.68. The molecular weight excluding hydrogens is 304 g/mol. The van der Waals surface area contributed by atoms with Crippen molar-refractivity contribution < 1.29 is 8.42 Å². The zero-order valence-electron chi connectivity index (χ0n) is 13.2. The number of thiophene rings is 1. The molecule has 0 unspecified atom stereocenters. The van der Waals surface area contributed by atoms with Crippen molar-refractivity contribution in [3.05, 3.63) is 29.2 Å². The monoisotopic (exact) mass is 330 g/mol. The zero-order valence-corrected chi connectivity index (χ0v) is 14.8. The Morgan fingerprint density at radius 2 is 2.05 bits per heavy atom. The third-order valence-corrected chi connectivity index (χ3v) is 6.54. The summed E-state index contributed by atoms with van der Waals surface area (Å²) in [6.07, 6.45) is 1.98. The van der Waals surface area contributed by atoms with E-state index in [4.69, 9.17) is 0 Å². The first-order valence-corrected chi connectivity index (χ1v) is 9.61. The molecule has 21 heavy (non-hydrogen) atoms. The van der Waals surface area contributed by atoms with E-state index in [1.807, 2.05) is 19.9 Å². The van der Waals surface area contributed by atoms with Gasteiger partial charge in [-0.1, -0.05) is 26.0 Å². The van der Waals surface area contributed by atoms with Gasteiger partial charge in [0.15, 0.2) is 0 Å². The predicted molar refractivity (Wildman–Crippen MR) is 90.4 cm³/mol. The van der Waals surface area contributed by atoms with Crippen molar-refractivity contribution in [3.63, 3.8) is 0 Å². The Kier molecular flexibility index (Phi) is 7.59. The first kappa shape index (κ1) is 18.4. The quantitative estimate of drug-likeness (QED) is 0.530. The standard InChI is InChI=1S/C15H26N2O2S2/c1-5-10-16-11-9-14-7-8-15(20-14)21(18,19)17(6-2)12-13(3)4/h7-8,16H,3,5-6,9-12H2,1-2,4H3. The molecule has 4 nitrogen and oxygen atoms in total. The zero-order chi connectivity index (χ0) is 15.9. The van der Waals surface area contributed by atoms with Crippen molar-refractivity contribution in [2.24, 2.45) is 0 Å². The second-order valence-electron chi connectivity index (χ2n) is 5.11. The Morgan fingerprint density at radius 1 is 1.33 bits per heavy atom. The van der Waals surface area contributed by atoms with Crippen molar-refractivity contribution in [3.8, 4) is 0 Å². The fraction of sp³-hybridized carbons (Fsp3) is 0.600. The second-order valence-corrected chi connectivity index (χ2v) is 8.44. The smallest absolute Gasteiger partial charge is 0.252 e. The molecule has 0 aliphatic rings. The molecule has 1 rings (SSSR count). The van der Waals surface area contributed by atoms with E-state index in [0.29, 0.717) is 17.3 Å². The molecular formula is C15H26N2O2S2. The van der Waals surface area contributed by atoms with E-state index in [-0.39, 0.29) is 0 Å². The molecule has 1 heterocycles. The normalized spacial score (nSPS) is 12.0. The van der Waals surface area contributed by atoms with E-state index in [1.54, 1.807) is 6.07 Å². The lowest BCUT2D eigenvalue weighted by atomic mass is 10.3. The van der Waals surface area contributed by atoms with E-state index in [2.05, 4.69) is 18.8 Å². The van der Waals surface area contributed by atoms with Crippen LogP contribution in [0, 0.1) is 0 Å². The van der Waals surface area contributed by atoms with Crippen LogP contribution in [0.15, 0.2) is 28.5 Å². The summed E-state index contributed by atoms with van der Waals surface area (Å²) >= 11 is 1.37. The van der Waals surface area contributed by atoms with Crippen LogP contribution >= 0.6 is 11.3 Å². The minimum absolute atomic E-state index is 0.379.